The average Bonchev–Trinajstić information content (AvgIpc) is 3.15. The quantitative estimate of drug-likeness (QED) is 0.0366. The summed E-state index contributed by atoms with van der Waals surface area (Å²) in [6.45, 7) is 5.40. The van der Waals surface area contributed by atoms with E-state index in [9.17, 15) is 36.2 Å². The second kappa shape index (κ2) is 29.4. The van der Waals surface area contributed by atoms with Crippen molar-refractivity contribution in [2.75, 3.05) is 54.5 Å². The van der Waals surface area contributed by atoms with Crippen molar-refractivity contribution >= 4 is 54.2 Å². The molecule has 2 aliphatic rings. The zero-order chi connectivity index (χ0) is 61.6. The largest absolute Gasteiger partial charge is 0.744 e. The van der Waals surface area contributed by atoms with E-state index in [1.54, 1.807) is 12.4 Å². The van der Waals surface area contributed by atoms with Gasteiger partial charge in [0, 0.05) is 32.7 Å². The Morgan fingerprint density at radius 2 is 0.860 bits per heavy atom. The predicted molar refractivity (Wildman–Crippen MR) is 328 cm³/mol. The summed E-state index contributed by atoms with van der Waals surface area (Å²) >= 11 is 11.9. The topological polar surface area (TPSA) is 225 Å². The molecule has 6 aromatic carbocycles. The molecule has 0 spiro atoms. The number of aromatic nitrogens is 2. The first-order valence-electron chi connectivity index (χ1n) is 29.1. The molecule has 0 radical (unpaired) electrons. The summed E-state index contributed by atoms with van der Waals surface area (Å²) in [5.74, 6) is 2.61. The first-order chi connectivity index (χ1) is 40.9. The Morgan fingerprint density at radius 3 is 1.20 bits per heavy atom. The number of likely N-dealkylation sites (N-methyl/N-ethyl adjacent to an activating group) is 2. The molecule has 86 heavy (non-hydrogen) atoms. The van der Waals surface area contributed by atoms with Gasteiger partial charge in [-0.05, 0) is 84.3 Å². The minimum atomic E-state index is -4.74. The molecule has 2 aliphatic carbocycles. The molecule has 2 fully saturated rings. The maximum atomic E-state index is 12.0. The summed E-state index contributed by atoms with van der Waals surface area (Å²) in [5.41, 5.74) is 1.55. The van der Waals surface area contributed by atoms with Gasteiger partial charge in [0.1, 0.15) is 46.4 Å². The summed E-state index contributed by atoms with van der Waals surface area (Å²) < 4.78 is 91.8. The van der Waals surface area contributed by atoms with Crippen LogP contribution < -0.4 is 0 Å². The Hall–Kier alpha value is -5.84. The normalized spacial score (nSPS) is 16.1. The molecule has 0 saturated heterocycles. The third kappa shape index (κ3) is 17.7. The van der Waals surface area contributed by atoms with Crippen LogP contribution in [0.15, 0.2) is 177 Å². The molecule has 2 saturated carbocycles. The molecule has 2 atom stereocenters. The van der Waals surface area contributed by atoms with E-state index in [0.29, 0.717) is 60.3 Å². The molecule has 8 aromatic rings. The summed E-state index contributed by atoms with van der Waals surface area (Å²) in [4.78, 5) is 8.10. The Balaban J connectivity index is 0.000000176. The number of nitrogens with zero attached hydrogens (tertiary/aromatic N) is 4. The Bertz CT molecular complexity index is 3410. The number of fused-ring (bicyclic) bond motifs is 1. The third-order valence-corrected chi connectivity index (χ3v) is 18.5. The fraction of sp³-hybridized carbons (Fsp3) is 0.394. The fourth-order valence-corrected chi connectivity index (χ4v) is 13.1. The zero-order valence-electron chi connectivity index (χ0n) is 49.2. The maximum Gasteiger partial charge on any atom is 0.231 e. The molecule has 0 amide bonds. The first kappa shape index (κ1) is 66.1. The van der Waals surface area contributed by atoms with Crippen molar-refractivity contribution in [2.45, 2.75) is 112 Å². The van der Waals surface area contributed by atoms with Crippen LogP contribution in [-0.4, -0.2) is 110 Å². The van der Waals surface area contributed by atoms with Crippen LogP contribution in [0.5, 0.6) is 0 Å². The lowest BCUT2D eigenvalue weighted by atomic mass is 9.73. The van der Waals surface area contributed by atoms with Gasteiger partial charge in [-0.1, -0.05) is 171 Å². The Morgan fingerprint density at radius 1 is 0.512 bits per heavy atom. The highest BCUT2D eigenvalue weighted by atomic mass is 35.5. The molecule has 16 nitrogen and oxygen atoms in total. The summed E-state index contributed by atoms with van der Waals surface area (Å²) in [5, 5.41) is 25.3. The molecule has 0 unspecified atom stereocenters. The van der Waals surface area contributed by atoms with E-state index in [2.05, 4.69) is 38.2 Å². The number of ether oxygens (including phenoxy) is 2. The lowest BCUT2D eigenvalue weighted by molar-refractivity contribution is -0.905. The van der Waals surface area contributed by atoms with Crippen LogP contribution in [0.1, 0.15) is 110 Å². The average molecular weight is 1250 g/mol. The molecular formula is C66H78Cl2N4O12S2. The van der Waals surface area contributed by atoms with Gasteiger partial charge in [-0.15, -0.1) is 0 Å². The van der Waals surface area contributed by atoms with Crippen molar-refractivity contribution in [3.05, 3.63) is 214 Å². The number of quaternary nitrogens is 2. The van der Waals surface area contributed by atoms with Crippen molar-refractivity contribution < 1.29 is 63.4 Å². The van der Waals surface area contributed by atoms with Crippen molar-refractivity contribution in [2.24, 2.45) is 11.8 Å². The SMILES string of the molecule is C[N+](C)(CCOCc1ccc(Cl)cc1)Cc1cnc([C@](O)(c2ccccc2)C2CCCCC2)o1.C[N+](C)(CCOCc1ccc(Cl)cc1)Cc1cnc([C@](O)(c2ccccc2)C2CCCCC2)o1.O=S(=O)([O-])c1cccc2c(S(=O)(=O)[O-])cccc12. The molecule has 2 heterocycles. The first-order valence-corrected chi connectivity index (χ1v) is 32.7. The van der Waals surface area contributed by atoms with Gasteiger partial charge in [0.2, 0.25) is 11.8 Å². The summed E-state index contributed by atoms with van der Waals surface area (Å²) in [6.07, 6.45) is 14.5. The van der Waals surface area contributed by atoms with E-state index in [1.807, 2.05) is 109 Å². The van der Waals surface area contributed by atoms with Crippen molar-refractivity contribution in [3.63, 3.8) is 0 Å². The molecule has 0 bridgehead atoms. The molecule has 2 N–H and O–H groups in total. The zero-order valence-corrected chi connectivity index (χ0v) is 52.4. The van der Waals surface area contributed by atoms with Gasteiger partial charge in [0.15, 0.2) is 22.7 Å². The van der Waals surface area contributed by atoms with Gasteiger partial charge < -0.3 is 46.6 Å². The highest BCUT2D eigenvalue weighted by molar-refractivity contribution is 7.86. The monoisotopic (exact) mass is 1250 g/mol. The second-order valence-corrected chi connectivity index (χ2v) is 27.3. The van der Waals surface area contributed by atoms with Crippen LogP contribution in [0.2, 0.25) is 10.0 Å². The lowest BCUT2D eigenvalue weighted by Crippen LogP contribution is -2.41. The van der Waals surface area contributed by atoms with Gasteiger partial charge in [0.05, 0.1) is 76.8 Å². The minimum Gasteiger partial charge on any atom is -0.744 e. The highest BCUT2D eigenvalue weighted by Crippen LogP contribution is 2.45. The third-order valence-electron chi connectivity index (χ3n) is 16.2. The standard InChI is InChI=1S/2C28H36ClN2O3.C10H8O6S2/c2*1-31(2,17-18-33-21-22-13-15-25(29)16-14-22)20-26-19-30-27(34-26)28(32,23-9-5-3-6-10-23)24-11-7-4-8-12-24;11-17(12,13)9-5-1-3-7-8(9)4-2-6-10(7)18(14,15)16/h2*3,5-6,9-10,13-16,19,24,32H,4,7-8,11-12,17-18,20-21H2,1-2H3;1-6H,(H,11,12,13)(H,14,15,16)/q2*+1;/p-2/t2*28-;/m00./s1. The van der Waals surface area contributed by atoms with E-state index in [4.69, 9.17) is 41.5 Å². The Kier molecular flexibility index (Phi) is 22.6. The Labute approximate surface area is 516 Å². The van der Waals surface area contributed by atoms with Crippen LogP contribution in [-0.2, 0) is 67.2 Å². The number of benzene rings is 6. The fourth-order valence-electron chi connectivity index (χ4n) is 11.5. The number of halogens is 2. The smallest absolute Gasteiger partial charge is 0.231 e. The van der Waals surface area contributed by atoms with Crippen LogP contribution in [0, 0.1) is 11.8 Å². The number of aliphatic hydroxyl groups is 2. The molecular weight excluding hydrogens is 1180 g/mol. The van der Waals surface area contributed by atoms with E-state index < -0.39 is 41.2 Å². The van der Waals surface area contributed by atoms with Crippen molar-refractivity contribution in [1.29, 1.82) is 0 Å². The number of rotatable bonds is 22. The van der Waals surface area contributed by atoms with Gasteiger partial charge in [-0.3, -0.25) is 0 Å². The van der Waals surface area contributed by atoms with E-state index in [0.717, 1.165) is 120 Å². The number of hydrogen-bond donors (Lipinski definition) is 2. The molecule has 20 heteroatoms. The lowest BCUT2D eigenvalue weighted by Gasteiger charge is -2.36. The van der Waals surface area contributed by atoms with E-state index in [-0.39, 0.29) is 22.6 Å². The van der Waals surface area contributed by atoms with Crippen LogP contribution in [0.25, 0.3) is 10.8 Å². The van der Waals surface area contributed by atoms with E-state index in [1.165, 1.54) is 37.1 Å². The van der Waals surface area contributed by atoms with Gasteiger partial charge in [-0.25, -0.2) is 26.8 Å². The van der Waals surface area contributed by atoms with E-state index >= 15 is 0 Å². The minimum absolute atomic E-state index is 0.0792. The number of oxazole rings is 2. The van der Waals surface area contributed by atoms with Crippen molar-refractivity contribution in [1.82, 2.24) is 9.97 Å². The van der Waals surface area contributed by atoms with Gasteiger partial charge in [-0.2, -0.15) is 0 Å². The van der Waals surface area contributed by atoms with Gasteiger partial charge in [0.25, 0.3) is 0 Å². The number of hydrogen-bond acceptors (Lipinski definition) is 14. The second-order valence-electron chi connectivity index (χ2n) is 23.7. The maximum absolute atomic E-state index is 12.0. The van der Waals surface area contributed by atoms with Crippen LogP contribution >= 0.6 is 23.2 Å². The van der Waals surface area contributed by atoms with Crippen molar-refractivity contribution in [3.8, 4) is 0 Å². The summed E-state index contributed by atoms with van der Waals surface area (Å²) in [6, 6.07) is 42.3. The molecule has 460 valence electrons. The van der Waals surface area contributed by atoms with Crippen LogP contribution in [0.4, 0.5) is 0 Å². The highest BCUT2D eigenvalue weighted by Gasteiger charge is 2.46. The predicted octanol–water partition coefficient (Wildman–Crippen LogP) is 12.5. The van der Waals surface area contributed by atoms with Crippen LogP contribution in [0.3, 0.4) is 0 Å². The molecule has 10 rings (SSSR count). The molecule has 0 aliphatic heterocycles. The van der Waals surface area contributed by atoms with Gasteiger partial charge >= 0.3 is 0 Å². The molecule has 2 aromatic heterocycles. The summed E-state index contributed by atoms with van der Waals surface area (Å²) in [7, 11) is -0.872.